The Morgan fingerprint density at radius 1 is 1.50 bits per heavy atom. The van der Waals surface area contributed by atoms with Gasteiger partial charge in [-0.25, -0.2) is 4.39 Å². The van der Waals surface area contributed by atoms with E-state index in [1.807, 2.05) is 0 Å². The molecule has 1 rings (SSSR count). The van der Waals surface area contributed by atoms with Crippen molar-refractivity contribution in [2.45, 2.75) is 13.8 Å². The molecule has 0 fully saturated rings. The van der Waals surface area contributed by atoms with Crippen LogP contribution in [0, 0.1) is 12.7 Å². The normalized spacial score (nSPS) is 9.92. The maximum Gasteiger partial charge on any atom is 0.163 e. The van der Waals surface area contributed by atoms with Crippen LogP contribution in [0.25, 0.3) is 0 Å². The molecule has 12 heavy (non-hydrogen) atoms. The highest BCUT2D eigenvalue weighted by molar-refractivity contribution is 5.45. The van der Waals surface area contributed by atoms with E-state index in [4.69, 9.17) is 4.74 Å². The van der Waals surface area contributed by atoms with Gasteiger partial charge in [-0.15, -0.1) is 0 Å². The first-order valence-electron chi connectivity index (χ1n) is 3.77. The van der Waals surface area contributed by atoms with Crippen molar-refractivity contribution >= 4 is 0 Å². The lowest BCUT2D eigenvalue weighted by Gasteiger charge is -2.07. The summed E-state index contributed by atoms with van der Waals surface area (Å²) in [5.41, 5.74) is 0.223. The Balaban J connectivity index is 3.08. The van der Waals surface area contributed by atoms with Crippen molar-refractivity contribution in [3.63, 3.8) is 0 Å². The predicted octanol–water partition coefficient (Wildman–Crippen LogP) is 2.24. The van der Waals surface area contributed by atoms with Gasteiger partial charge in [0, 0.05) is 5.56 Å². The number of benzene rings is 1. The van der Waals surface area contributed by atoms with Crippen LogP contribution in [0.5, 0.6) is 11.5 Å². The number of phenols is 1. The summed E-state index contributed by atoms with van der Waals surface area (Å²) in [4.78, 5) is 0. The molecule has 0 spiro atoms. The smallest absolute Gasteiger partial charge is 0.163 e. The molecule has 1 N–H and O–H groups in total. The summed E-state index contributed by atoms with van der Waals surface area (Å²) < 4.78 is 17.8. The molecule has 0 aromatic heterocycles. The van der Waals surface area contributed by atoms with E-state index in [1.54, 1.807) is 6.92 Å². The van der Waals surface area contributed by atoms with E-state index in [-0.39, 0.29) is 11.3 Å². The number of aromatic hydroxyl groups is 1. The molecule has 3 heteroatoms. The first kappa shape index (κ1) is 8.84. The highest BCUT2D eigenvalue weighted by atomic mass is 19.1. The van der Waals surface area contributed by atoms with Gasteiger partial charge in [0.2, 0.25) is 0 Å². The first-order chi connectivity index (χ1) is 5.66. The summed E-state index contributed by atoms with van der Waals surface area (Å²) in [7, 11) is 0. The Morgan fingerprint density at radius 2 is 2.17 bits per heavy atom. The molecule has 0 saturated carbocycles. The van der Waals surface area contributed by atoms with Crippen LogP contribution in [0.3, 0.4) is 0 Å². The second kappa shape index (κ2) is 3.43. The van der Waals surface area contributed by atoms with E-state index >= 15 is 0 Å². The van der Waals surface area contributed by atoms with Crippen molar-refractivity contribution in [3.05, 3.63) is 23.5 Å². The number of hydrogen-bond acceptors (Lipinski definition) is 2. The maximum atomic E-state index is 12.8. The average molecular weight is 170 g/mol. The zero-order valence-corrected chi connectivity index (χ0v) is 7.10. The van der Waals surface area contributed by atoms with Crippen molar-refractivity contribution in [1.29, 1.82) is 0 Å². The molecule has 0 amide bonds. The molecule has 0 unspecified atom stereocenters. The SMILES string of the molecule is CCOc1ccc(F)c(C)c1O. The zero-order chi connectivity index (χ0) is 9.14. The van der Waals surface area contributed by atoms with Crippen LogP contribution in [0.1, 0.15) is 12.5 Å². The lowest BCUT2D eigenvalue weighted by molar-refractivity contribution is 0.315. The van der Waals surface area contributed by atoms with Crippen molar-refractivity contribution in [3.8, 4) is 11.5 Å². The summed E-state index contributed by atoms with van der Waals surface area (Å²) in [6.45, 7) is 3.77. The van der Waals surface area contributed by atoms with Crippen molar-refractivity contribution in [2.24, 2.45) is 0 Å². The van der Waals surface area contributed by atoms with Crippen molar-refractivity contribution in [1.82, 2.24) is 0 Å². The largest absolute Gasteiger partial charge is 0.504 e. The second-order valence-electron chi connectivity index (χ2n) is 2.45. The molecule has 0 aliphatic heterocycles. The van der Waals surface area contributed by atoms with Crippen molar-refractivity contribution < 1.29 is 14.2 Å². The molecular weight excluding hydrogens is 159 g/mol. The standard InChI is InChI=1S/C9H11FO2/c1-3-12-8-5-4-7(10)6(2)9(8)11/h4-5,11H,3H2,1-2H3. The Morgan fingerprint density at radius 3 is 2.75 bits per heavy atom. The van der Waals surface area contributed by atoms with Gasteiger partial charge in [0.1, 0.15) is 5.82 Å². The minimum absolute atomic E-state index is 0.114. The number of rotatable bonds is 2. The average Bonchev–Trinajstić information content (AvgIpc) is 2.07. The highest BCUT2D eigenvalue weighted by Crippen LogP contribution is 2.30. The quantitative estimate of drug-likeness (QED) is 0.737. The number of ether oxygens (including phenoxy) is 1. The van der Waals surface area contributed by atoms with Crippen LogP contribution in [0.15, 0.2) is 12.1 Å². The third-order valence-corrected chi connectivity index (χ3v) is 1.63. The van der Waals surface area contributed by atoms with Gasteiger partial charge in [-0.3, -0.25) is 0 Å². The molecule has 0 aliphatic carbocycles. The summed E-state index contributed by atoms with van der Waals surface area (Å²) in [6.07, 6.45) is 0. The molecule has 2 nitrogen and oxygen atoms in total. The van der Waals surface area contributed by atoms with Crippen LogP contribution >= 0.6 is 0 Å². The lowest BCUT2D eigenvalue weighted by Crippen LogP contribution is -1.93. The second-order valence-corrected chi connectivity index (χ2v) is 2.45. The predicted molar refractivity (Wildman–Crippen MR) is 44.0 cm³/mol. The monoisotopic (exact) mass is 170 g/mol. The molecule has 66 valence electrons. The van der Waals surface area contributed by atoms with E-state index in [1.165, 1.54) is 19.1 Å². The summed E-state index contributed by atoms with van der Waals surface area (Å²) in [5.74, 6) is -0.204. The van der Waals surface area contributed by atoms with Crippen LogP contribution in [-0.4, -0.2) is 11.7 Å². The molecule has 0 heterocycles. The fraction of sp³-hybridized carbons (Fsp3) is 0.333. The third-order valence-electron chi connectivity index (χ3n) is 1.63. The van der Waals surface area contributed by atoms with Crippen LogP contribution in [0.4, 0.5) is 4.39 Å². The van der Waals surface area contributed by atoms with E-state index in [2.05, 4.69) is 0 Å². The molecule has 1 aromatic rings. The van der Waals surface area contributed by atoms with E-state index < -0.39 is 5.82 Å². The summed E-state index contributed by atoms with van der Waals surface area (Å²) in [6, 6.07) is 2.70. The topological polar surface area (TPSA) is 29.5 Å². The van der Waals surface area contributed by atoms with Gasteiger partial charge >= 0.3 is 0 Å². The van der Waals surface area contributed by atoms with Gasteiger partial charge < -0.3 is 9.84 Å². The van der Waals surface area contributed by atoms with E-state index in [0.29, 0.717) is 12.4 Å². The van der Waals surface area contributed by atoms with Crippen LogP contribution in [0.2, 0.25) is 0 Å². The fourth-order valence-electron chi connectivity index (χ4n) is 0.923. The molecular formula is C9H11FO2. The molecule has 0 aliphatic rings. The minimum Gasteiger partial charge on any atom is -0.504 e. The summed E-state index contributed by atoms with van der Waals surface area (Å²) in [5, 5.41) is 9.34. The van der Waals surface area contributed by atoms with Gasteiger partial charge in [0.25, 0.3) is 0 Å². The maximum absolute atomic E-state index is 12.8. The van der Waals surface area contributed by atoms with Gasteiger partial charge in [0.05, 0.1) is 6.61 Å². The number of halogens is 1. The van der Waals surface area contributed by atoms with Gasteiger partial charge in [-0.2, -0.15) is 0 Å². The zero-order valence-electron chi connectivity index (χ0n) is 7.10. The van der Waals surface area contributed by atoms with Crippen molar-refractivity contribution in [2.75, 3.05) is 6.61 Å². The Bertz CT molecular complexity index is 284. The highest BCUT2D eigenvalue weighted by Gasteiger charge is 2.08. The van der Waals surface area contributed by atoms with Gasteiger partial charge in [-0.1, -0.05) is 0 Å². The van der Waals surface area contributed by atoms with Gasteiger partial charge in [0.15, 0.2) is 11.5 Å². The Kier molecular flexibility index (Phi) is 2.53. The lowest BCUT2D eigenvalue weighted by atomic mass is 10.2. The number of phenolic OH excluding ortho intramolecular Hbond substituents is 1. The molecule has 0 bridgehead atoms. The third kappa shape index (κ3) is 1.49. The number of hydrogen-bond donors (Lipinski definition) is 1. The summed E-state index contributed by atoms with van der Waals surface area (Å²) >= 11 is 0. The van der Waals surface area contributed by atoms with Crippen LogP contribution in [-0.2, 0) is 0 Å². The van der Waals surface area contributed by atoms with Gasteiger partial charge in [-0.05, 0) is 26.0 Å². The Labute approximate surface area is 70.6 Å². The van der Waals surface area contributed by atoms with E-state index in [0.717, 1.165) is 0 Å². The van der Waals surface area contributed by atoms with Crippen LogP contribution < -0.4 is 4.74 Å². The molecule has 1 aromatic carbocycles. The Hall–Kier alpha value is -1.25. The molecule has 0 atom stereocenters. The minimum atomic E-state index is -0.420. The van der Waals surface area contributed by atoms with E-state index in [9.17, 15) is 9.50 Å². The molecule has 0 radical (unpaired) electrons. The molecule has 0 saturated heterocycles. The fourth-order valence-corrected chi connectivity index (χ4v) is 0.923. The first-order valence-corrected chi connectivity index (χ1v) is 3.77.